The molecule has 0 aromatic heterocycles. The molecule has 2 aromatic carbocycles. The van der Waals surface area contributed by atoms with Crippen molar-refractivity contribution < 1.29 is 9.53 Å². The van der Waals surface area contributed by atoms with Gasteiger partial charge in [0.2, 0.25) is 5.91 Å². The van der Waals surface area contributed by atoms with Crippen LogP contribution in [0.5, 0.6) is 5.75 Å². The normalized spacial score (nSPS) is 10.5. The van der Waals surface area contributed by atoms with Crippen LogP contribution in [-0.2, 0) is 11.3 Å². The van der Waals surface area contributed by atoms with Crippen LogP contribution in [0.3, 0.4) is 0 Å². The molecule has 1 N–H and O–H groups in total. The lowest BCUT2D eigenvalue weighted by molar-refractivity contribution is -0.116. The van der Waals surface area contributed by atoms with Crippen molar-refractivity contribution in [1.29, 1.82) is 0 Å². The zero-order valence-corrected chi connectivity index (χ0v) is 13.1. The maximum absolute atomic E-state index is 11.9. The zero-order chi connectivity index (χ0) is 15.8. The van der Waals surface area contributed by atoms with Crippen molar-refractivity contribution in [2.24, 2.45) is 0 Å². The molecule has 2 rings (SSSR count). The Hall–Kier alpha value is -2.33. The third kappa shape index (κ3) is 5.22. The van der Waals surface area contributed by atoms with Gasteiger partial charge >= 0.3 is 0 Å². The molecule has 0 aliphatic heterocycles. The van der Waals surface area contributed by atoms with Crippen LogP contribution in [0.25, 0.3) is 0 Å². The van der Waals surface area contributed by atoms with Gasteiger partial charge in [0.05, 0.1) is 7.11 Å². The van der Waals surface area contributed by atoms with Crippen LogP contribution in [0.15, 0.2) is 54.6 Å². The van der Waals surface area contributed by atoms with E-state index < -0.39 is 0 Å². The van der Waals surface area contributed by atoms with Crippen molar-refractivity contribution in [3.05, 3.63) is 60.2 Å². The predicted octanol–water partition coefficient (Wildman–Crippen LogP) is 3.16. The fraction of sp³-hybridized carbons (Fsp3) is 0.278. The van der Waals surface area contributed by atoms with Gasteiger partial charge in [-0.2, -0.15) is 0 Å². The number of methoxy groups -OCH3 is 1. The lowest BCUT2D eigenvalue weighted by Crippen LogP contribution is -2.24. The van der Waals surface area contributed by atoms with E-state index in [9.17, 15) is 4.79 Å². The molecule has 0 aliphatic rings. The lowest BCUT2D eigenvalue weighted by atomic mass is 10.2. The standard InChI is InChI=1S/C18H22N2O2/c1-20(14-15-8-10-17(22-2)11-9-15)13-12-18(21)19-16-6-4-3-5-7-16/h3-11H,12-14H2,1-2H3,(H,19,21). The second kappa shape index (κ2) is 8.20. The van der Waals surface area contributed by atoms with Crippen LogP contribution in [0.2, 0.25) is 0 Å². The predicted molar refractivity (Wildman–Crippen MR) is 89.0 cm³/mol. The number of para-hydroxylation sites is 1. The summed E-state index contributed by atoms with van der Waals surface area (Å²) in [5.74, 6) is 0.890. The van der Waals surface area contributed by atoms with Crippen molar-refractivity contribution >= 4 is 11.6 Å². The number of carbonyl (C=O) groups is 1. The van der Waals surface area contributed by atoms with Gasteiger partial charge in [0, 0.05) is 25.2 Å². The van der Waals surface area contributed by atoms with Crippen LogP contribution in [0.1, 0.15) is 12.0 Å². The van der Waals surface area contributed by atoms with E-state index in [4.69, 9.17) is 4.74 Å². The minimum absolute atomic E-state index is 0.0350. The van der Waals surface area contributed by atoms with Gasteiger partial charge < -0.3 is 15.0 Å². The number of carbonyl (C=O) groups excluding carboxylic acids is 1. The SMILES string of the molecule is COc1ccc(CN(C)CCC(=O)Nc2ccccc2)cc1. The number of ether oxygens (including phenoxy) is 1. The number of amides is 1. The van der Waals surface area contributed by atoms with Gasteiger partial charge in [-0.1, -0.05) is 30.3 Å². The molecule has 0 radical (unpaired) electrons. The van der Waals surface area contributed by atoms with Crippen molar-refractivity contribution in [2.45, 2.75) is 13.0 Å². The maximum atomic E-state index is 11.9. The molecule has 22 heavy (non-hydrogen) atoms. The molecule has 0 heterocycles. The van der Waals surface area contributed by atoms with Gasteiger partial charge in [0.1, 0.15) is 5.75 Å². The monoisotopic (exact) mass is 298 g/mol. The Labute approximate surface area is 131 Å². The van der Waals surface area contributed by atoms with Gasteiger partial charge in [-0.25, -0.2) is 0 Å². The molecule has 0 bridgehead atoms. The smallest absolute Gasteiger partial charge is 0.225 e. The summed E-state index contributed by atoms with van der Waals surface area (Å²) < 4.78 is 5.14. The van der Waals surface area contributed by atoms with E-state index in [0.717, 1.165) is 18.0 Å². The molecule has 0 unspecified atom stereocenters. The van der Waals surface area contributed by atoms with Crippen LogP contribution in [-0.4, -0.2) is 31.5 Å². The number of anilines is 1. The van der Waals surface area contributed by atoms with Crippen molar-refractivity contribution in [3.8, 4) is 5.75 Å². The highest BCUT2D eigenvalue weighted by atomic mass is 16.5. The third-order valence-corrected chi connectivity index (χ3v) is 3.39. The van der Waals surface area contributed by atoms with Crippen LogP contribution >= 0.6 is 0 Å². The number of nitrogens with zero attached hydrogens (tertiary/aromatic N) is 1. The van der Waals surface area contributed by atoms with Gasteiger partial charge in [0.25, 0.3) is 0 Å². The average molecular weight is 298 g/mol. The van der Waals surface area contributed by atoms with E-state index in [2.05, 4.69) is 10.2 Å². The first-order valence-corrected chi connectivity index (χ1v) is 7.34. The molecular formula is C18H22N2O2. The summed E-state index contributed by atoms with van der Waals surface area (Å²) >= 11 is 0. The minimum Gasteiger partial charge on any atom is -0.497 e. The van der Waals surface area contributed by atoms with Crippen molar-refractivity contribution in [1.82, 2.24) is 4.90 Å². The third-order valence-electron chi connectivity index (χ3n) is 3.39. The van der Waals surface area contributed by atoms with Crippen LogP contribution < -0.4 is 10.1 Å². The Morgan fingerprint density at radius 1 is 1.09 bits per heavy atom. The highest BCUT2D eigenvalue weighted by molar-refractivity contribution is 5.90. The van der Waals surface area contributed by atoms with Gasteiger partial charge in [-0.05, 0) is 36.9 Å². The first kappa shape index (κ1) is 16.0. The van der Waals surface area contributed by atoms with E-state index in [0.29, 0.717) is 13.0 Å². The highest BCUT2D eigenvalue weighted by Crippen LogP contribution is 2.12. The minimum atomic E-state index is 0.0350. The number of nitrogens with one attached hydrogen (secondary N) is 1. The summed E-state index contributed by atoms with van der Waals surface area (Å²) in [7, 11) is 3.67. The number of hydrogen-bond donors (Lipinski definition) is 1. The molecule has 0 aliphatic carbocycles. The molecule has 1 amide bonds. The summed E-state index contributed by atoms with van der Waals surface area (Å²) in [5, 5.41) is 2.89. The van der Waals surface area contributed by atoms with Gasteiger partial charge in [-0.15, -0.1) is 0 Å². The molecule has 4 nitrogen and oxygen atoms in total. The zero-order valence-electron chi connectivity index (χ0n) is 13.1. The Morgan fingerprint density at radius 3 is 2.41 bits per heavy atom. The van der Waals surface area contributed by atoms with E-state index in [-0.39, 0.29) is 5.91 Å². The maximum Gasteiger partial charge on any atom is 0.225 e. The molecule has 116 valence electrons. The van der Waals surface area contributed by atoms with Crippen molar-refractivity contribution in [3.63, 3.8) is 0 Å². The Kier molecular flexibility index (Phi) is 5.98. The summed E-state index contributed by atoms with van der Waals surface area (Å²) in [6, 6.07) is 17.5. The largest absolute Gasteiger partial charge is 0.497 e. The van der Waals surface area contributed by atoms with Gasteiger partial charge in [-0.3, -0.25) is 4.79 Å². The molecular weight excluding hydrogens is 276 g/mol. The van der Waals surface area contributed by atoms with E-state index in [1.165, 1.54) is 5.56 Å². The Balaban J connectivity index is 1.74. The number of hydrogen-bond acceptors (Lipinski definition) is 3. The summed E-state index contributed by atoms with van der Waals surface area (Å²) in [4.78, 5) is 14.0. The Bertz CT molecular complexity index is 582. The summed E-state index contributed by atoms with van der Waals surface area (Å²) in [6.07, 6.45) is 0.474. The van der Waals surface area contributed by atoms with Crippen LogP contribution in [0, 0.1) is 0 Å². The van der Waals surface area contributed by atoms with E-state index in [1.807, 2.05) is 61.6 Å². The quantitative estimate of drug-likeness (QED) is 0.853. The molecule has 2 aromatic rings. The fourth-order valence-corrected chi connectivity index (χ4v) is 2.16. The Morgan fingerprint density at radius 2 is 1.77 bits per heavy atom. The molecule has 0 saturated heterocycles. The molecule has 0 atom stereocenters. The van der Waals surface area contributed by atoms with Gasteiger partial charge in [0.15, 0.2) is 0 Å². The summed E-state index contributed by atoms with van der Waals surface area (Å²) in [6.45, 7) is 1.52. The summed E-state index contributed by atoms with van der Waals surface area (Å²) in [5.41, 5.74) is 2.04. The molecule has 4 heteroatoms. The topological polar surface area (TPSA) is 41.6 Å². The number of benzene rings is 2. The lowest BCUT2D eigenvalue weighted by Gasteiger charge is -2.16. The average Bonchev–Trinajstić information content (AvgIpc) is 2.55. The van der Waals surface area contributed by atoms with Crippen LogP contribution in [0.4, 0.5) is 5.69 Å². The second-order valence-corrected chi connectivity index (χ2v) is 5.25. The molecule has 0 fully saturated rings. The van der Waals surface area contributed by atoms with E-state index >= 15 is 0 Å². The van der Waals surface area contributed by atoms with E-state index in [1.54, 1.807) is 7.11 Å². The first-order chi connectivity index (χ1) is 10.7. The molecule has 0 spiro atoms. The van der Waals surface area contributed by atoms with Crippen molar-refractivity contribution in [2.75, 3.05) is 26.0 Å². The number of rotatable bonds is 7. The molecule has 0 saturated carbocycles. The fourth-order valence-electron chi connectivity index (χ4n) is 2.16. The highest BCUT2D eigenvalue weighted by Gasteiger charge is 2.06. The second-order valence-electron chi connectivity index (χ2n) is 5.25. The first-order valence-electron chi connectivity index (χ1n) is 7.34.